The first kappa shape index (κ1) is 13.7. The highest BCUT2D eigenvalue weighted by atomic mass is 16.4. The minimum atomic E-state index is -0.849. The summed E-state index contributed by atoms with van der Waals surface area (Å²) in [6, 6.07) is 7.47. The van der Waals surface area contributed by atoms with Gasteiger partial charge in [0.05, 0.1) is 5.92 Å². The monoisotopic (exact) mass is 287 g/mol. The number of para-hydroxylation sites is 1. The Labute approximate surface area is 122 Å². The number of amides is 1. The number of likely N-dealkylation sites (tertiary alicyclic amines) is 1. The number of hydrogen-bond acceptors (Lipinski definition) is 3. The van der Waals surface area contributed by atoms with Gasteiger partial charge in [-0.2, -0.15) is 0 Å². The van der Waals surface area contributed by atoms with E-state index in [0.29, 0.717) is 12.1 Å². The first-order chi connectivity index (χ1) is 9.97. The molecule has 5 nitrogen and oxygen atoms in total. The lowest BCUT2D eigenvalue weighted by Crippen LogP contribution is -2.29. The fourth-order valence-electron chi connectivity index (χ4n) is 2.92. The van der Waals surface area contributed by atoms with E-state index < -0.39 is 11.9 Å². The summed E-state index contributed by atoms with van der Waals surface area (Å²) in [6.45, 7) is 4.48. The molecule has 2 heterocycles. The minimum absolute atomic E-state index is 0.0439. The molecule has 0 spiro atoms. The lowest BCUT2D eigenvalue weighted by atomic mass is 9.99. The highest BCUT2D eigenvalue weighted by Crippen LogP contribution is 2.27. The van der Waals surface area contributed by atoms with Crippen molar-refractivity contribution < 1.29 is 19.1 Å². The Morgan fingerprint density at radius 1 is 1.33 bits per heavy atom. The van der Waals surface area contributed by atoms with Gasteiger partial charge in [0.2, 0.25) is 0 Å². The van der Waals surface area contributed by atoms with Gasteiger partial charge in [-0.05, 0) is 24.5 Å². The van der Waals surface area contributed by atoms with Crippen LogP contribution in [0.2, 0.25) is 0 Å². The van der Waals surface area contributed by atoms with Crippen LogP contribution < -0.4 is 0 Å². The van der Waals surface area contributed by atoms with Crippen molar-refractivity contribution in [2.45, 2.75) is 13.8 Å². The molecule has 1 aromatic carbocycles. The van der Waals surface area contributed by atoms with E-state index in [2.05, 4.69) is 0 Å². The summed E-state index contributed by atoms with van der Waals surface area (Å²) >= 11 is 0. The highest BCUT2D eigenvalue weighted by molar-refractivity contribution is 5.97. The van der Waals surface area contributed by atoms with Gasteiger partial charge in [-0.15, -0.1) is 0 Å². The number of nitrogens with zero attached hydrogens (tertiary/aromatic N) is 1. The maximum Gasteiger partial charge on any atom is 0.308 e. The average molecular weight is 287 g/mol. The van der Waals surface area contributed by atoms with Crippen molar-refractivity contribution in [3.8, 4) is 0 Å². The summed E-state index contributed by atoms with van der Waals surface area (Å²) in [6.07, 6.45) is 0. The molecule has 1 aliphatic heterocycles. The second-order valence-corrected chi connectivity index (χ2v) is 5.74. The van der Waals surface area contributed by atoms with Crippen molar-refractivity contribution in [3.63, 3.8) is 0 Å². The van der Waals surface area contributed by atoms with Crippen LogP contribution in [0.5, 0.6) is 0 Å². The molecule has 0 unspecified atom stereocenters. The van der Waals surface area contributed by atoms with Crippen molar-refractivity contribution >= 4 is 22.8 Å². The Bertz CT molecular complexity index is 718. The van der Waals surface area contributed by atoms with Crippen LogP contribution in [0.15, 0.2) is 28.7 Å². The molecule has 21 heavy (non-hydrogen) atoms. The Morgan fingerprint density at radius 3 is 2.71 bits per heavy atom. The first-order valence-corrected chi connectivity index (χ1v) is 6.98. The zero-order valence-corrected chi connectivity index (χ0v) is 12.0. The molecule has 0 saturated carbocycles. The van der Waals surface area contributed by atoms with Crippen LogP contribution in [0, 0.1) is 18.8 Å². The van der Waals surface area contributed by atoms with E-state index in [4.69, 9.17) is 9.52 Å². The molecule has 110 valence electrons. The van der Waals surface area contributed by atoms with Gasteiger partial charge < -0.3 is 14.4 Å². The van der Waals surface area contributed by atoms with Crippen LogP contribution in [-0.4, -0.2) is 35.0 Å². The van der Waals surface area contributed by atoms with Gasteiger partial charge in [-0.3, -0.25) is 9.59 Å². The smallest absolute Gasteiger partial charge is 0.308 e. The number of carbonyl (C=O) groups excluding carboxylic acids is 1. The minimum Gasteiger partial charge on any atom is -0.481 e. The molecule has 1 aliphatic rings. The quantitative estimate of drug-likeness (QED) is 0.921. The molecule has 2 atom stereocenters. The third-order valence-electron chi connectivity index (χ3n) is 4.17. The molecule has 2 aromatic rings. The lowest BCUT2D eigenvalue weighted by Gasteiger charge is -2.13. The first-order valence-electron chi connectivity index (χ1n) is 6.98. The fourth-order valence-corrected chi connectivity index (χ4v) is 2.92. The number of benzene rings is 1. The topological polar surface area (TPSA) is 70.8 Å². The van der Waals surface area contributed by atoms with Crippen LogP contribution in [0.1, 0.15) is 23.0 Å². The Kier molecular flexibility index (Phi) is 3.20. The summed E-state index contributed by atoms with van der Waals surface area (Å²) in [5, 5.41) is 10.0. The SMILES string of the molecule is Cc1cccc2cc(C(=O)N3C[C@@H](C)[C@H](C(=O)O)C3)oc12. The molecule has 0 radical (unpaired) electrons. The van der Waals surface area contributed by atoms with E-state index in [1.54, 1.807) is 11.0 Å². The van der Waals surface area contributed by atoms with E-state index in [1.807, 2.05) is 32.0 Å². The number of hydrogen-bond donors (Lipinski definition) is 1. The molecular weight excluding hydrogens is 270 g/mol. The van der Waals surface area contributed by atoms with Crippen LogP contribution in [0.3, 0.4) is 0 Å². The summed E-state index contributed by atoms with van der Waals surface area (Å²) in [7, 11) is 0. The van der Waals surface area contributed by atoms with E-state index in [-0.39, 0.29) is 24.1 Å². The summed E-state index contributed by atoms with van der Waals surface area (Å²) < 4.78 is 5.67. The molecule has 0 bridgehead atoms. The van der Waals surface area contributed by atoms with Gasteiger partial charge in [0.1, 0.15) is 5.58 Å². The lowest BCUT2D eigenvalue weighted by molar-refractivity contribution is -0.142. The number of aryl methyl sites for hydroxylation is 1. The zero-order valence-electron chi connectivity index (χ0n) is 12.0. The van der Waals surface area contributed by atoms with Crippen molar-refractivity contribution in [2.24, 2.45) is 11.8 Å². The maximum absolute atomic E-state index is 12.5. The number of carboxylic acid groups (broad SMARTS) is 1. The summed E-state index contributed by atoms with van der Waals surface area (Å²) in [4.78, 5) is 25.2. The zero-order chi connectivity index (χ0) is 15.1. The third-order valence-corrected chi connectivity index (χ3v) is 4.17. The highest BCUT2D eigenvalue weighted by Gasteiger charge is 2.38. The second kappa shape index (κ2) is 4.91. The Balaban J connectivity index is 1.88. The predicted molar refractivity (Wildman–Crippen MR) is 77.1 cm³/mol. The van der Waals surface area contributed by atoms with Crippen LogP contribution >= 0.6 is 0 Å². The van der Waals surface area contributed by atoms with Crippen LogP contribution in [0.4, 0.5) is 0 Å². The maximum atomic E-state index is 12.5. The van der Waals surface area contributed by atoms with Gasteiger partial charge in [0.25, 0.3) is 5.91 Å². The van der Waals surface area contributed by atoms with Gasteiger partial charge in [0, 0.05) is 18.5 Å². The molecule has 1 fully saturated rings. The van der Waals surface area contributed by atoms with Gasteiger partial charge in [0.15, 0.2) is 5.76 Å². The standard InChI is InChI=1S/C16H17NO4/c1-9-4-3-5-11-6-13(21-14(9)11)15(18)17-7-10(2)12(8-17)16(19)20/h3-6,10,12H,7-8H2,1-2H3,(H,19,20)/t10-,12-/m1/s1. The predicted octanol–water partition coefficient (Wildman–Crippen LogP) is 2.53. The van der Waals surface area contributed by atoms with Crippen molar-refractivity contribution in [1.29, 1.82) is 0 Å². The van der Waals surface area contributed by atoms with Crippen LogP contribution in [-0.2, 0) is 4.79 Å². The number of aliphatic carboxylic acids is 1. The average Bonchev–Trinajstić information content (AvgIpc) is 3.02. The molecule has 3 rings (SSSR count). The Morgan fingerprint density at radius 2 is 2.10 bits per heavy atom. The van der Waals surface area contributed by atoms with Crippen molar-refractivity contribution in [2.75, 3.05) is 13.1 Å². The molecule has 1 N–H and O–H groups in total. The number of rotatable bonds is 2. The summed E-state index contributed by atoms with van der Waals surface area (Å²) in [5.41, 5.74) is 1.69. The Hall–Kier alpha value is -2.30. The second-order valence-electron chi connectivity index (χ2n) is 5.74. The van der Waals surface area contributed by atoms with Crippen molar-refractivity contribution in [3.05, 3.63) is 35.6 Å². The third kappa shape index (κ3) is 2.28. The molecule has 0 aliphatic carbocycles. The number of fused-ring (bicyclic) bond motifs is 1. The van der Waals surface area contributed by atoms with E-state index >= 15 is 0 Å². The molecule has 1 aromatic heterocycles. The molecule has 5 heteroatoms. The van der Waals surface area contributed by atoms with E-state index in [9.17, 15) is 9.59 Å². The number of furan rings is 1. The number of carbonyl (C=O) groups is 2. The molecular formula is C16H17NO4. The van der Waals surface area contributed by atoms with E-state index in [0.717, 1.165) is 10.9 Å². The number of carboxylic acids is 1. The van der Waals surface area contributed by atoms with E-state index in [1.165, 1.54) is 0 Å². The summed E-state index contributed by atoms with van der Waals surface area (Å²) in [5.74, 6) is -1.35. The van der Waals surface area contributed by atoms with Gasteiger partial charge in [-0.1, -0.05) is 25.1 Å². The van der Waals surface area contributed by atoms with Crippen LogP contribution in [0.25, 0.3) is 11.0 Å². The normalized spacial score (nSPS) is 21.9. The largest absolute Gasteiger partial charge is 0.481 e. The molecule has 1 amide bonds. The van der Waals surface area contributed by atoms with Gasteiger partial charge in [-0.25, -0.2) is 0 Å². The van der Waals surface area contributed by atoms with Crippen molar-refractivity contribution in [1.82, 2.24) is 4.90 Å². The fraction of sp³-hybridized carbons (Fsp3) is 0.375. The molecule has 1 saturated heterocycles. The van der Waals surface area contributed by atoms with Gasteiger partial charge >= 0.3 is 5.97 Å².